The first kappa shape index (κ1) is 18.8. The lowest BCUT2D eigenvalue weighted by Gasteiger charge is -2.70. The molecule has 0 radical (unpaired) electrons. The number of alkyl carbamates (subject to hydrolysis) is 1. The normalized spacial score (nSPS) is 27.0. The van der Waals surface area contributed by atoms with Crippen LogP contribution in [0, 0.1) is 10.3 Å². The van der Waals surface area contributed by atoms with E-state index in [0.29, 0.717) is 19.3 Å². The maximum Gasteiger partial charge on any atom is 0.408 e. The number of nitroso groups, excluding NO2 is 1. The molecule has 3 aliphatic rings. The minimum absolute atomic E-state index is 0.111. The molecule has 142 valence electrons. The highest BCUT2D eigenvalue weighted by atomic mass is 32.2. The number of ether oxygens (including phenoxy) is 1. The van der Waals surface area contributed by atoms with Gasteiger partial charge in [-0.05, 0) is 62.8 Å². The van der Waals surface area contributed by atoms with Gasteiger partial charge < -0.3 is 10.1 Å². The molecule has 2 N–H and O–H groups in total. The molecule has 0 aromatic heterocycles. The molecule has 0 heterocycles. The van der Waals surface area contributed by atoms with E-state index in [4.69, 9.17) is 4.74 Å². The summed E-state index contributed by atoms with van der Waals surface area (Å²) in [6, 6.07) is 5.82. The van der Waals surface area contributed by atoms with Gasteiger partial charge in [0.05, 0.1) is 0 Å². The van der Waals surface area contributed by atoms with Crippen molar-refractivity contribution in [2.75, 3.05) is 6.54 Å². The Balaban J connectivity index is 1.54. The number of hydrogen-bond donors (Lipinski definition) is 2. The second kappa shape index (κ2) is 6.02. The van der Waals surface area contributed by atoms with Crippen LogP contribution < -0.4 is 10.0 Å². The largest absolute Gasteiger partial charge is 0.444 e. The van der Waals surface area contributed by atoms with Crippen molar-refractivity contribution in [1.29, 1.82) is 0 Å². The molecule has 9 heteroatoms. The fraction of sp³-hybridized carbons (Fsp3) is 0.588. The van der Waals surface area contributed by atoms with Crippen molar-refractivity contribution in [2.45, 2.75) is 56.1 Å². The highest BCUT2D eigenvalue weighted by molar-refractivity contribution is 7.89. The fourth-order valence-electron chi connectivity index (χ4n) is 3.92. The van der Waals surface area contributed by atoms with E-state index < -0.39 is 21.7 Å². The van der Waals surface area contributed by atoms with Gasteiger partial charge in [0, 0.05) is 12.1 Å². The maximum atomic E-state index is 12.4. The topological polar surface area (TPSA) is 114 Å². The minimum Gasteiger partial charge on any atom is -0.444 e. The third-order valence-corrected chi connectivity index (χ3v) is 6.25. The third kappa shape index (κ3) is 3.59. The number of carbonyl (C=O) groups is 1. The quantitative estimate of drug-likeness (QED) is 0.736. The predicted molar refractivity (Wildman–Crippen MR) is 95.5 cm³/mol. The number of sulfonamides is 1. The van der Waals surface area contributed by atoms with E-state index in [9.17, 15) is 18.1 Å². The van der Waals surface area contributed by atoms with Crippen LogP contribution >= 0.6 is 0 Å². The number of nitrogens with zero attached hydrogens (tertiary/aromatic N) is 1. The zero-order valence-corrected chi connectivity index (χ0v) is 15.9. The van der Waals surface area contributed by atoms with Crippen molar-refractivity contribution in [2.24, 2.45) is 10.6 Å². The molecule has 0 saturated heterocycles. The Bertz CT molecular complexity index is 824. The number of amides is 1. The summed E-state index contributed by atoms with van der Waals surface area (Å²) in [6.07, 6.45) is 1.66. The second-order valence-corrected chi connectivity index (χ2v) is 10.1. The number of nitrogens with one attached hydrogen (secondary N) is 2. The van der Waals surface area contributed by atoms with E-state index in [-0.39, 0.29) is 28.1 Å². The van der Waals surface area contributed by atoms with Crippen molar-refractivity contribution < 1.29 is 17.9 Å². The number of benzene rings is 1. The average Bonchev–Trinajstić information content (AvgIpc) is 2.46. The van der Waals surface area contributed by atoms with Gasteiger partial charge in [-0.15, -0.1) is 4.91 Å². The molecule has 4 rings (SSSR count). The molecule has 1 aromatic carbocycles. The average molecular weight is 381 g/mol. The Morgan fingerprint density at radius 2 is 1.85 bits per heavy atom. The van der Waals surface area contributed by atoms with Gasteiger partial charge in [-0.25, -0.2) is 17.9 Å². The Morgan fingerprint density at radius 1 is 1.23 bits per heavy atom. The van der Waals surface area contributed by atoms with Gasteiger partial charge in [0.2, 0.25) is 10.0 Å². The van der Waals surface area contributed by atoms with E-state index in [2.05, 4.69) is 15.2 Å². The van der Waals surface area contributed by atoms with Gasteiger partial charge in [-0.2, -0.15) is 0 Å². The number of hydrogen-bond acceptors (Lipinski definition) is 6. The first-order valence-corrected chi connectivity index (χ1v) is 9.90. The molecular formula is C17H23N3O5S. The van der Waals surface area contributed by atoms with Crippen LogP contribution in [0.3, 0.4) is 0 Å². The van der Waals surface area contributed by atoms with Crippen LogP contribution in [0.5, 0.6) is 0 Å². The Morgan fingerprint density at radius 3 is 2.42 bits per heavy atom. The lowest BCUT2D eigenvalue weighted by molar-refractivity contribution is -0.145. The van der Waals surface area contributed by atoms with E-state index in [1.54, 1.807) is 32.9 Å². The Hall–Kier alpha value is -2.00. The number of rotatable bonds is 6. The third-order valence-electron chi connectivity index (χ3n) is 4.80. The molecule has 1 amide bonds. The number of carbonyl (C=O) groups excluding carboxylic acids is 1. The highest BCUT2D eigenvalue weighted by Crippen LogP contribution is 2.66. The molecule has 3 fully saturated rings. The van der Waals surface area contributed by atoms with Crippen LogP contribution in [-0.2, 0) is 14.8 Å². The Kier molecular flexibility index (Phi) is 4.35. The molecule has 3 saturated carbocycles. The summed E-state index contributed by atoms with van der Waals surface area (Å²) in [5.41, 5.74) is -1.09. The van der Waals surface area contributed by atoms with Gasteiger partial charge in [-0.3, -0.25) is 0 Å². The molecule has 0 spiro atoms. The molecule has 2 bridgehead atoms. The van der Waals surface area contributed by atoms with Crippen LogP contribution in [0.2, 0.25) is 0 Å². The van der Waals surface area contributed by atoms with E-state index in [1.165, 1.54) is 12.1 Å². The summed E-state index contributed by atoms with van der Waals surface area (Å²) in [6.45, 7) is 5.67. The second-order valence-electron chi connectivity index (χ2n) is 8.32. The van der Waals surface area contributed by atoms with E-state index in [1.807, 2.05) is 0 Å². The summed E-state index contributed by atoms with van der Waals surface area (Å²) < 4.78 is 32.7. The monoisotopic (exact) mass is 381 g/mol. The van der Waals surface area contributed by atoms with E-state index in [0.717, 1.165) is 0 Å². The van der Waals surface area contributed by atoms with Crippen molar-refractivity contribution in [3.63, 3.8) is 0 Å². The van der Waals surface area contributed by atoms with Crippen molar-refractivity contribution >= 4 is 21.8 Å². The SMILES string of the molecule is CC(C)(C)OC(=O)NC12CC(CNS(=O)(=O)c3ccccc3N=O)(C1)C2. The molecule has 3 aliphatic carbocycles. The van der Waals surface area contributed by atoms with Crippen LogP contribution in [0.1, 0.15) is 40.0 Å². The van der Waals surface area contributed by atoms with Crippen molar-refractivity contribution in [3.8, 4) is 0 Å². The summed E-state index contributed by atoms with van der Waals surface area (Å²) in [7, 11) is -3.81. The smallest absolute Gasteiger partial charge is 0.408 e. The van der Waals surface area contributed by atoms with Gasteiger partial charge in [0.25, 0.3) is 0 Å². The summed E-state index contributed by atoms with van der Waals surface area (Å²) in [5.74, 6) is 0. The Labute approximate surface area is 152 Å². The molecule has 0 atom stereocenters. The zero-order chi connectivity index (χ0) is 19.2. The van der Waals surface area contributed by atoms with Crippen LogP contribution in [0.25, 0.3) is 0 Å². The summed E-state index contributed by atoms with van der Waals surface area (Å²) in [4.78, 5) is 22.6. The lowest BCUT2D eigenvalue weighted by atomic mass is 9.39. The molecule has 1 aromatic rings. The van der Waals surface area contributed by atoms with Crippen LogP contribution in [0.15, 0.2) is 34.3 Å². The van der Waals surface area contributed by atoms with Crippen molar-refractivity contribution in [3.05, 3.63) is 29.2 Å². The van der Waals surface area contributed by atoms with Gasteiger partial charge in [0.15, 0.2) is 0 Å². The summed E-state index contributed by atoms with van der Waals surface area (Å²) in [5, 5.41) is 5.66. The molecule has 8 nitrogen and oxygen atoms in total. The van der Waals surface area contributed by atoms with Gasteiger partial charge in [0.1, 0.15) is 16.2 Å². The minimum atomic E-state index is -3.81. The van der Waals surface area contributed by atoms with Crippen molar-refractivity contribution in [1.82, 2.24) is 10.0 Å². The highest BCUT2D eigenvalue weighted by Gasteiger charge is 2.68. The molecule has 26 heavy (non-hydrogen) atoms. The first-order valence-electron chi connectivity index (χ1n) is 8.42. The molecular weight excluding hydrogens is 358 g/mol. The first-order chi connectivity index (χ1) is 12.0. The lowest BCUT2D eigenvalue weighted by Crippen LogP contribution is -2.77. The zero-order valence-electron chi connectivity index (χ0n) is 15.0. The van der Waals surface area contributed by atoms with Crippen LogP contribution in [-0.4, -0.2) is 32.2 Å². The van der Waals surface area contributed by atoms with Gasteiger partial charge in [-0.1, -0.05) is 12.1 Å². The maximum absolute atomic E-state index is 12.4. The van der Waals surface area contributed by atoms with E-state index >= 15 is 0 Å². The predicted octanol–water partition coefficient (Wildman–Crippen LogP) is 2.81. The fourth-order valence-corrected chi connectivity index (χ4v) is 5.21. The van der Waals surface area contributed by atoms with Gasteiger partial charge >= 0.3 is 6.09 Å². The molecule has 0 unspecified atom stereocenters. The van der Waals surface area contributed by atoms with Crippen LogP contribution in [0.4, 0.5) is 10.5 Å². The summed E-state index contributed by atoms with van der Waals surface area (Å²) >= 11 is 0. The molecule has 0 aliphatic heterocycles. The standard InChI is InChI=1S/C17H23N3O5S/c1-15(2,3)25-14(21)19-17-8-16(9-17,10-17)11-18-26(23,24)13-7-5-4-6-12(13)20-22/h4-7,18H,8-11H2,1-3H3,(H,19,21).